The van der Waals surface area contributed by atoms with E-state index in [1.54, 1.807) is 0 Å². The highest BCUT2D eigenvalue weighted by atomic mass is 16.7. The molecule has 1 fully saturated rings. The summed E-state index contributed by atoms with van der Waals surface area (Å²) in [6.45, 7) is 7.43. The van der Waals surface area contributed by atoms with Crippen LogP contribution in [0.2, 0.25) is 0 Å². The van der Waals surface area contributed by atoms with Crippen molar-refractivity contribution in [2.45, 2.75) is 39.4 Å². The van der Waals surface area contributed by atoms with E-state index in [9.17, 15) is 4.79 Å². The number of hydrogen-bond donors (Lipinski definition) is 1. The molecule has 1 aromatic carbocycles. The normalized spacial score (nSPS) is 16.1. The van der Waals surface area contributed by atoms with E-state index in [0.29, 0.717) is 43.5 Å². The van der Waals surface area contributed by atoms with Gasteiger partial charge in [0.05, 0.1) is 25.3 Å². The molecule has 0 aliphatic carbocycles. The average Bonchev–Trinajstić information content (AvgIpc) is 3.15. The summed E-state index contributed by atoms with van der Waals surface area (Å²) >= 11 is 0. The third-order valence-electron chi connectivity index (χ3n) is 4.40. The predicted octanol–water partition coefficient (Wildman–Crippen LogP) is 2.77. The minimum absolute atomic E-state index is 0.0886. The first-order valence-electron chi connectivity index (χ1n) is 8.54. The van der Waals surface area contributed by atoms with Crippen molar-refractivity contribution in [3.8, 4) is 11.5 Å². The smallest absolute Gasteiger partial charge is 0.226 e. The highest BCUT2D eigenvalue weighted by Gasteiger charge is 2.30. The molecule has 1 aliphatic heterocycles. The van der Waals surface area contributed by atoms with Crippen molar-refractivity contribution >= 4 is 5.91 Å². The fourth-order valence-corrected chi connectivity index (χ4v) is 2.86. The van der Waals surface area contributed by atoms with Crippen LogP contribution < -0.4 is 5.32 Å². The summed E-state index contributed by atoms with van der Waals surface area (Å²) in [5.74, 6) is 0.547. The Hall–Kier alpha value is -2.18. The summed E-state index contributed by atoms with van der Waals surface area (Å²) in [4.78, 5) is 16.7. The van der Waals surface area contributed by atoms with E-state index in [1.165, 1.54) is 0 Å². The zero-order valence-electron chi connectivity index (χ0n) is 14.9. The van der Waals surface area contributed by atoms with Gasteiger partial charge in [0.1, 0.15) is 5.76 Å². The molecule has 2 aromatic rings. The van der Waals surface area contributed by atoms with Crippen LogP contribution in [-0.2, 0) is 20.7 Å². The number of amides is 1. The van der Waals surface area contributed by atoms with E-state index in [4.69, 9.17) is 13.9 Å². The lowest BCUT2D eigenvalue weighted by Gasteiger charge is -2.22. The summed E-state index contributed by atoms with van der Waals surface area (Å²) in [6.07, 6.45) is 0.810. The summed E-state index contributed by atoms with van der Waals surface area (Å²) in [7, 11) is 0. The summed E-state index contributed by atoms with van der Waals surface area (Å²) in [5, 5.41) is 2.89. The molecule has 1 aliphatic rings. The van der Waals surface area contributed by atoms with Gasteiger partial charge in [-0.1, -0.05) is 18.2 Å². The Balaban J connectivity index is 1.57. The van der Waals surface area contributed by atoms with Gasteiger partial charge in [0, 0.05) is 18.5 Å². The number of nitrogens with one attached hydrogen (secondary N) is 1. The topological polar surface area (TPSA) is 73.6 Å². The van der Waals surface area contributed by atoms with Crippen LogP contribution >= 0.6 is 0 Å². The van der Waals surface area contributed by atoms with Gasteiger partial charge in [0.2, 0.25) is 11.8 Å². The molecule has 0 bridgehead atoms. The minimum Gasteiger partial charge on any atom is -0.441 e. The van der Waals surface area contributed by atoms with E-state index in [-0.39, 0.29) is 12.3 Å². The van der Waals surface area contributed by atoms with Crippen LogP contribution in [0.25, 0.3) is 11.5 Å². The highest BCUT2D eigenvalue weighted by Crippen LogP contribution is 2.25. The second-order valence-corrected chi connectivity index (χ2v) is 6.44. The molecule has 0 radical (unpaired) electrons. The molecule has 0 unspecified atom stereocenters. The van der Waals surface area contributed by atoms with Gasteiger partial charge in [-0.05, 0) is 32.4 Å². The van der Waals surface area contributed by atoms with Crippen molar-refractivity contribution in [3.05, 3.63) is 41.3 Å². The molecule has 0 spiro atoms. The average molecular weight is 344 g/mol. The summed E-state index contributed by atoms with van der Waals surface area (Å²) < 4.78 is 16.8. The molecule has 0 saturated carbocycles. The van der Waals surface area contributed by atoms with Crippen LogP contribution in [0.5, 0.6) is 0 Å². The van der Waals surface area contributed by atoms with E-state index < -0.39 is 5.79 Å². The second kappa shape index (κ2) is 7.37. The molecule has 2 heterocycles. The van der Waals surface area contributed by atoms with Crippen LogP contribution in [0, 0.1) is 13.8 Å². The van der Waals surface area contributed by atoms with Crippen molar-refractivity contribution in [1.82, 2.24) is 10.3 Å². The van der Waals surface area contributed by atoms with E-state index in [2.05, 4.69) is 10.3 Å². The third kappa shape index (κ3) is 4.27. The maximum atomic E-state index is 12.2. The van der Waals surface area contributed by atoms with Crippen molar-refractivity contribution in [2.24, 2.45) is 0 Å². The molecule has 1 amide bonds. The molecular formula is C19H24N2O4. The first-order chi connectivity index (χ1) is 12.0. The lowest BCUT2D eigenvalue weighted by Crippen LogP contribution is -2.34. The van der Waals surface area contributed by atoms with Crippen LogP contribution in [0.1, 0.15) is 30.4 Å². The Morgan fingerprint density at radius 1 is 1.24 bits per heavy atom. The number of aryl methyl sites for hydroxylation is 2. The standard InChI is InChI=1S/C19H24N2O4/c1-13-6-4-5-7-15(13)18-21-16(14(2)25-18)12-17(22)20-9-8-19(3)23-10-11-24-19/h4-7H,8-12H2,1-3H3,(H,20,22). The van der Waals surface area contributed by atoms with Crippen LogP contribution in [0.3, 0.4) is 0 Å². The van der Waals surface area contributed by atoms with Crippen LogP contribution in [0.4, 0.5) is 0 Å². The number of hydrogen-bond acceptors (Lipinski definition) is 5. The Morgan fingerprint density at radius 2 is 1.96 bits per heavy atom. The first kappa shape index (κ1) is 17.6. The van der Waals surface area contributed by atoms with E-state index in [1.807, 2.05) is 45.0 Å². The van der Waals surface area contributed by atoms with Gasteiger partial charge in [-0.15, -0.1) is 0 Å². The van der Waals surface area contributed by atoms with Crippen molar-refractivity contribution in [1.29, 1.82) is 0 Å². The zero-order chi connectivity index (χ0) is 17.9. The summed E-state index contributed by atoms with van der Waals surface area (Å²) in [6, 6.07) is 7.89. The monoisotopic (exact) mass is 344 g/mol. The van der Waals surface area contributed by atoms with Crippen molar-refractivity contribution in [2.75, 3.05) is 19.8 Å². The molecule has 6 nitrogen and oxygen atoms in total. The minimum atomic E-state index is -0.588. The molecule has 6 heteroatoms. The number of oxazole rings is 1. The quantitative estimate of drug-likeness (QED) is 0.872. The van der Waals surface area contributed by atoms with E-state index in [0.717, 1.165) is 11.1 Å². The molecule has 134 valence electrons. The maximum Gasteiger partial charge on any atom is 0.226 e. The SMILES string of the molecule is Cc1ccccc1-c1nc(CC(=O)NCCC2(C)OCCO2)c(C)o1. The largest absolute Gasteiger partial charge is 0.441 e. The molecule has 25 heavy (non-hydrogen) atoms. The molecule has 0 atom stereocenters. The fourth-order valence-electron chi connectivity index (χ4n) is 2.86. The first-order valence-corrected chi connectivity index (χ1v) is 8.54. The predicted molar refractivity (Wildman–Crippen MR) is 93.1 cm³/mol. The number of rotatable bonds is 6. The highest BCUT2D eigenvalue weighted by molar-refractivity contribution is 5.78. The molecular weight excluding hydrogens is 320 g/mol. The van der Waals surface area contributed by atoms with Crippen molar-refractivity contribution in [3.63, 3.8) is 0 Å². The Kier molecular flexibility index (Phi) is 5.20. The van der Waals surface area contributed by atoms with Crippen molar-refractivity contribution < 1.29 is 18.7 Å². The van der Waals surface area contributed by atoms with Gasteiger partial charge < -0.3 is 19.2 Å². The lowest BCUT2D eigenvalue weighted by molar-refractivity contribution is -0.146. The van der Waals surface area contributed by atoms with Gasteiger partial charge >= 0.3 is 0 Å². The van der Waals surface area contributed by atoms with Crippen LogP contribution in [0.15, 0.2) is 28.7 Å². The lowest BCUT2D eigenvalue weighted by atomic mass is 10.1. The number of carbonyl (C=O) groups is 1. The zero-order valence-corrected chi connectivity index (χ0v) is 14.9. The number of nitrogens with zero attached hydrogens (tertiary/aromatic N) is 1. The number of ether oxygens (including phenoxy) is 2. The number of benzene rings is 1. The molecule has 3 rings (SSSR count). The molecule has 1 aromatic heterocycles. The Bertz CT molecular complexity index is 748. The third-order valence-corrected chi connectivity index (χ3v) is 4.40. The van der Waals surface area contributed by atoms with Gasteiger partial charge in [0.15, 0.2) is 5.79 Å². The van der Waals surface area contributed by atoms with Gasteiger partial charge in [0.25, 0.3) is 0 Å². The molecule has 1 saturated heterocycles. The van der Waals surface area contributed by atoms with Gasteiger partial charge in [-0.2, -0.15) is 0 Å². The summed E-state index contributed by atoms with van der Waals surface area (Å²) in [5.41, 5.74) is 2.70. The van der Waals surface area contributed by atoms with Gasteiger partial charge in [-0.25, -0.2) is 4.98 Å². The van der Waals surface area contributed by atoms with Crippen LogP contribution in [-0.4, -0.2) is 36.4 Å². The Morgan fingerprint density at radius 3 is 2.68 bits per heavy atom. The number of aromatic nitrogens is 1. The maximum absolute atomic E-state index is 12.2. The molecule has 1 N–H and O–H groups in total. The number of carbonyl (C=O) groups excluding carboxylic acids is 1. The van der Waals surface area contributed by atoms with E-state index >= 15 is 0 Å². The second-order valence-electron chi connectivity index (χ2n) is 6.44. The van der Waals surface area contributed by atoms with Gasteiger partial charge in [-0.3, -0.25) is 4.79 Å². The Labute approximate surface area is 147 Å². The fraction of sp³-hybridized carbons (Fsp3) is 0.474.